The summed E-state index contributed by atoms with van der Waals surface area (Å²) in [7, 11) is 0. The lowest BCUT2D eigenvalue weighted by Gasteiger charge is -2.17. The standard InChI is InChI=1S/C12H19N/c1-3-10(2)12(13)9-11-7-5-4-6-8-11/h4-8,10,12H,3,9,13H2,1-2H3/t10?,12-/m0/s1. The van der Waals surface area contributed by atoms with Crippen LogP contribution in [0.5, 0.6) is 0 Å². The molecule has 1 aromatic carbocycles. The van der Waals surface area contributed by atoms with Crippen molar-refractivity contribution in [1.29, 1.82) is 0 Å². The Morgan fingerprint density at radius 1 is 1.23 bits per heavy atom. The van der Waals surface area contributed by atoms with E-state index in [4.69, 9.17) is 5.73 Å². The minimum atomic E-state index is 0.299. The summed E-state index contributed by atoms with van der Waals surface area (Å²) in [6.45, 7) is 4.41. The second-order valence-electron chi connectivity index (χ2n) is 3.74. The van der Waals surface area contributed by atoms with Crippen LogP contribution >= 0.6 is 0 Å². The summed E-state index contributed by atoms with van der Waals surface area (Å²) in [5.74, 6) is 0.611. The summed E-state index contributed by atoms with van der Waals surface area (Å²) in [4.78, 5) is 0. The van der Waals surface area contributed by atoms with Crippen LogP contribution in [0.25, 0.3) is 0 Å². The third kappa shape index (κ3) is 3.19. The van der Waals surface area contributed by atoms with E-state index in [0.29, 0.717) is 12.0 Å². The van der Waals surface area contributed by atoms with Crippen LogP contribution in [-0.4, -0.2) is 6.04 Å². The molecule has 0 aliphatic rings. The highest BCUT2D eigenvalue weighted by Gasteiger charge is 2.10. The van der Waals surface area contributed by atoms with Gasteiger partial charge in [0.2, 0.25) is 0 Å². The van der Waals surface area contributed by atoms with Gasteiger partial charge in [-0.3, -0.25) is 0 Å². The molecule has 0 bridgehead atoms. The van der Waals surface area contributed by atoms with E-state index < -0.39 is 0 Å². The fraction of sp³-hybridized carbons (Fsp3) is 0.500. The fourth-order valence-corrected chi connectivity index (χ4v) is 1.39. The van der Waals surface area contributed by atoms with Crippen LogP contribution in [0.2, 0.25) is 0 Å². The van der Waals surface area contributed by atoms with Crippen molar-refractivity contribution >= 4 is 0 Å². The lowest BCUT2D eigenvalue weighted by molar-refractivity contribution is 0.440. The molecule has 0 amide bonds. The molecule has 72 valence electrons. The Bertz CT molecular complexity index is 230. The average molecular weight is 177 g/mol. The minimum Gasteiger partial charge on any atom is -0.327 e. The molecule has 1 aromatic rings. The molecule has 2 atom stereocenters. The van der Waals surface area contributed by atoms with Crippen molar-refractivity contribution in [1.82, 2.24) is 0 Å². The minimum absolute atomic E-state index is 0.299. The molecule has 1 nitrogen and oxygen atoms in total. The van der Waals surface area contributed by atoms with E-state index in [9.17, 15) is 0 Å². The van der Waals surface area contributed by atoms with Crippen molar-refractivity contribution in [3.63, 3.8) is 0 Å². The van der Waals surface area contributed by atoms with Crippen molar-refractivity contribution in [2.24, 2.45) is 11.7 Å². The Balaban J connectivity index is 2.50. The Morgan fingerprint density at radius 3 is 2.38 bits per heavy atom. The van der Waals surface area contributed by atoms with E-state index >= 15 is 0 Å². The van der Waals surface area contributed by atoms with Crippen molar-refractivity contribution in [3.05, 3.63) is 35.9 Å². The number of hydrogen-bond donors (Lipinski definition) is 1. The van der Waals surface area contributed by atoms with E-state index in [0.717, 1.165) is 12.8 Å². The fourth-order valence-electron chi connectivity index (χ4n) is 1.39. The molecule has 13 heavy (non-hydrogen) atoms. The van der Waals surface area contributed by atoms with Gasteiger partial charge in [-0.15, -0.1) is 0 Å². The van der Waals surface area contributed by atoms with Crippen LogP contribution in [0.1, 0.15) is 25.8 Å². The van der Waals surface area contributed by atoms with Gasteiger partial charge in [-0.05, 0) is 17.9 Å². The molecular weight excluding hydrogens is 158 g/mol. The largest absolute Gasteiger partial charge is 0.327 e. The molecule has 0 aromatic heterocycles. The summed E-state index contributed by atoms with van der Waals surface area (Å²) in [5.41, 5.74) is 7.40. The number of benzene rings is 1. The molecule has 1 unspecified atom stereocenters. The highest BCUT2D eigenvalue weighted by molar-refractivity contribution is 5.15. The topological polar surface area (TPSA) is 26.0 Å². The SMILES string of the molecule is CCC(C)[C@@H](N)Cc1ccccc1. The Morgan fingerprint density at radius 2 is 1.85 bits per heavy atom. The molecule has 0 heterocycles. The van der Waals surface area contributed by atoms with Gasteiger partial charge in [-0.25, -0.2) is 0 Å². The molecule has 1 heteroatoms. The summed E-state index contributed by atoms with van der Waals surface area (Å²) in [6.07, 6.45) is 2.16. The van der Waals surface area contributed by atoms with Gasteiger partial charge >= 0.3 is 0 Å². The summed E-state index contributed by atoms with van der Waals surface area (Å²) >= 11 is 0. The molecule has 1 rings (SSSR count). The molecule has 2 N–H and O–H groups in total. The zero-order valence-corrected chi connectivity index (χ0v) is 8.53. The summed E-state index contributed by atoms with van der Waals surface area (Å²) < 4.78 is 0. The van der Waals surface area contributed by atoms with Crippen molar-refractivity contribution in [2.75, 3.05) is 0 Å². The van der Waals surface area contributed by atoms with E-state index in [2.05, 4.69) is 38.1 Å². The molecular formula is C12H19N. The van der Waals surface area contributed by atoms with Crippen LogP contribution in [0.15, 0.2) is 30.3 Å². The van der Waals surface area contributed by atoms with Gasteiger partial charge < -0.3 is 5.73 Å². The first-order chi connectivity index (χ1) is 6.24. The van der Waals surface area contributed by atoms with Gasteiger partial charge in [0, 0.05) is 6.04 Å². The second-order valence-corrected chi connectivity index (χ2v) is 3.74. The molecule has 0 spiro atoms. The molecule has 0 radical (unpaired) electrons. The highest BCUT2D eigenvalue weighted by Crippen LogP contribution is 2.11. The quantitative estimate of drug-likeness (QED) is 0.751. The maximum Gasteiger partial charge on any atom is 0.0105 e. The smallest absolute Gasteiger partial charge is 0.0105 e. The van der Waals surface area contributed by atoms with Crippen molar-refractivity contribution in [2.45, 2.75) is 32.7 Å². The second kappa shape index (κ2) is 5.03. The average Bonchev–Trinajstić information content (AvgIpc) is 2.18. The molecule has 0 saturated heterocycles. The Labute approximate surface area is 81.0 Å². The van der Waals surface area contributed by atoms with E-state index in [1.165, 1.54) is 5.56 Å². The summed E-state index contributed by atoms with van der Waals surface area (Å²) in [6, 6.07) is 10.8. The van der Waals surface area contributed by atoms with Gasteiger partial charge in [0.25, 0.3) is 0 Å². The maximum atomic E-state index is 6.06. The molecule has 0 fully saturated rings. The van der Waals surface area contributed by atoms with Crippen LogP contribution < -0.4 is 5.73 Å². The van der Waals surface area contributed by atoms with Crippen molar-refractivity contribution < 1.29 is 0 Å². The third-order valence-corrected chi connectivity index (χ3v) is 2.69. The maximum absolute atomic E-state index is 6.06. The number of nitrogens with two attached hydrogens (primary N) is 1. The van der Waals surface area contributed by atoms with Gasteiger partial charge in [0.05, 0.1) is 0 Å². The zero-order chi connectivity index (χ0) is 9.68. The van der Waals surface area contributed by atoms with E-state index in [1.54, 1.807) is 0 Å². The first-order valence-electron chi connectivity index (χ1n) is 5.03. The Hall–Kier alpha value is -0.820. The van der Waals surface area contributed by atoms with Gasteiger partial charge in [-0.2, -0.15) is 0 Å². The van der Waals surface area contributed by atoms with Gasteiger partial charge in [0.1, 0.15) is 0 Å². The molecule has 0 aliphatic carbocycles. The number of rotatable bonds is 4. The van der Waals surface area contributed by atoms with Gasteiger partial charge in [0.15, 0.2) is 0 Å². The highest BCUT2D eigenvalue weighted by atomic mass is 14.6. The monoisotopic (exact) mass is 177 g/mol. The van der Waals surface area contributed by atoms with Crippen LogP contribution in [0, 0.1) is 5.92 Å². The van der Waals surface area contributed by atoms with E-state index in [-0.39, 0.29) is 0 Å². The van der Waals surface area contributed by atoms with Crippen LogP contribution in [-0.2, 0) is 6.42 Å². The number of hydrogen-bond acceptors (Lipinski definition) is 1. The Kier molecular flexibility index (Phi) is 3.97. The van der Waals surface area contributed by atoms with Crippen molar-refractivity contribution in [3.8, 4) is 0 Å². The first-order valence-corrected chi connectivity index (χ1v) is 5.03. The van der Waals surface area contributed by atoms with E-state index in [1.807, 2.05) is 6.07 Å². The lowest BCUT2D eigenvalue weighted by atomic mass is 9.94. The molecule has 0 aliphatic heterocycles. The zero-order valence-electron chi connectivity index (χ0n) is 8.53. The lowest BCUT2D eigenvalue weighted by Crippen LogP contribution is -2.30. The predicted molar refractivity (Wildman–Crippen MR) is 57.6 cm³/mol. The first kappa shape index (κ1) is 10.3. The summed E-state index contributed by atoms with van der Waals surface area (Å²) in [5, 5.41) is 0. The predicted octanol–water partition coefficient (Wildman–Crippen LogP) is 2.60. The van der Waals surface area contributed by atoms with Crippen LogP contribution in [0.4, 0.5) is 0 Å². The molecule has 0 saturated carbocycles. The third-order valence-electron chi connectivity index (χ3n) is 2.69. The van der Waals surface area contributed by atoms with Gasteiger partial charge in [-0.1, -0.05) is 50.6 Å². The normalized spacial score (nSPS) is 15.3. The van der Waals surface area contributed by atoms with Crippen LogP contribution in [0.3, 0.4) is 0 Å².